The van der Waals surface area contributed by atoms with Crippen molar-refractivity contribution in [2.24, 2.45) is 0 Å². The van der Waals surface area contributed by atoms with E-state index < -0.39 is 0 Å². The standard InChI is InChI=1S/C18H19NO3S2/c1-22-17(21)13-9-7-12(8-10-13)11-15-16(20)19(18(23)24-15)14-5-3-2-4-6-14/h7-11,14H,2-6H2,1H3. The molecular weight excluding hydrogens is 342 g/mol. The Morgan fingerprint density at radius 3 is 2.54 bits per heavy atom. The average molecular weight is 361 g/mol. The lowest BCUT2D eigenvalue weighted by Crippen LogP contribution is -2.39. The van der Waals surface area contributed by atoms with Crippen molar-refractivity contribution in [2.75, 3.05) is 7.11 Å². The molecule has 2 fully saturated rings. The van der Waals surface area contributed by atoms with Crippen LogP contribution in [0, 0.1) is 0 Å². The largest absolute Gasteiger partial charge is 0.465 e. The normalized spacial score (nSPS) is 20.7. The van der Waals surface area contributed by atoms with Gasteiger partial charge in [0.1, 0.15) is 4.32 Å². The van der Waals surface area contributed by atoms with Gasteiger partial charge in [-0.2, -0.15) is 0 Å². The summed E-state index contributed by atoms with van der Waals surface area (Å²) in [7, 11) is 1.35. The van der Waals surface area contributed by atoms with Gasteiger partial charge in [-0.3, -0.25) is 9.69 Å². The number of carbonyl (C=O) groups is 2. The number of methoxy groups -OCH3 is 1. The van der Waals surface area contributed by atoms with Crippen molar-refractivity contribution >= 4 is 46.3 Å². The molecule has 1 aromatic carbocycles. The summed E-state index contributed by atoms with van der Waals surface area (Å²) in [5, 5.41) is 0. The number of benzene rings is 1. The maximum atomic E-state index is 12.7. The van der Waals surface area contributed by atoms with Gasteiger partial charge in [0, 0.05) is 6.04 Å². The summed E-state index contributed by atoms with van der Waals surface area (Å²) >= 11 is 6.79. The molecule has 2 aliphatic rings. The average Bonchev–Trinajstić information content (AvgIpc) is 2.89. The lowest BCUT2D eigenvalue weighted by Gasteiger charge is -2.29. The zero-order chi connectivity index (χ0) is 17.1. The van der Waals surface area contributed by atoms with Crippen LogP contribution in [0.15, 0.2) is 29.2 Å². The molecule has 1 saturated carbocycles. The Morgan fingerprint density at radius 2 is 1.92 bits per heavy atom. The molecule has 6 heteroatoms. The summed E-state index contributed by atoms with van der Waals surface area (Å²) in [6.45, 7) is 0. The van der Waals surface area contributed by atoms with E-state index in [-0.39, 0.29) is 17.9 Å². The Hall–Kier alpha value is -1.66. The molecule has 1 aliphatic heterocycles. The molecule has 0 bridgehead atoms. The predicted octanol–water partition coefficient (Wildman–Crippen LogP) is 4.01. The van der Waals surface area contributed by atoms with Gasteiger partial charge in [0.25, 0.3) is 5.91 Å². The molecule has 0 unspecified atom stereocenters. The number of thiocarbonyl (C=S) groups is 1. The van der Waals surface area contributed by atoms with E-state index in [2.05, 4.69) is 4.74 Å². The highest BCUT2D eigenvalue weighted by atomic mass is 32.2. The van der Waals surface area contributed by atoms with E-state index in [1.165, 1.54) is 25.3 Å². The van der Waals surface area contributed by atoms with E-state index in [9.17, 15) is 9.59 Å². The van der Waals surface area contributed by atoms with Gasteiger partial charge in [-0.05, 0) is 36.6 Å². The molecule has 1 aromatic rings. The third-order valence-corrected chi connectivity index (χ3v) is 5.72. The van der Waals surface area contributed by atoms with E-state index in [0.717, 1.165) is 31.2 Å². The van der Waals surface area contributed by atoms with Gasteiger partial charge in [-0.25, -0.2) is 4.79 Å². The summed E-state index contributed by atoms with van der Waals surface area (Å²) in [4.78, 5) is 26.6. The van der Waals surface area contributed by atoms with E-state index in [1.54, 1.807) is 29.2 Å². The highest BCUT2D eigenvalue weighted by Gasteiger charge is 2.37. The van der Waals surface area contributed by atoms with Gasteiger partial charge in [0.05, 0.1) is 17.6 Å². The molecular formula is C18H19NO3S2. The molecule has 0 atom stereocenters. The molecule has 126 valence electrons. The van der Waals surface area contributed by atoms with Crippen molar-refractivity contribution in [1.29, 1.82) is 0 Å². The second-order valence-corrected chi connectivity index (χ2v) is 7.63. The van der Waals surface area contributed by atoms with Crippen LogP contribution in [0.2, 0.25) is 0 Å². The fourth-order valence-electron chi connectivity index (χ4n) is 3.12. The van der Waals surface area contributed by atoms with E-state index in [4.69, 9.17) is 12.2 Å². The van der Waals surface area contributed by atoms with Crippen LogP contribution in [0.5, 0.6) is 0 Å². The first-order valence-electron chi connectivity index (χ1n) is 8.05. The zero-order valence-corrected chi connectivity index (χ0v) is 15.1. The quantitative estimate of drug-likeness (QED) is 0.462. The molecule has 1 aliphatic carbocycles. The molecule has 1 heterocycles. The van der Waals surface area contributed by atoms with Crippen LogP contribution in [-0.2, 0) is 9.53 Å². The molecule has 1 saturated heterocycles. The molecule has 0 N–H and O–H groups in total. The molecule has 0 radical (unpaired) electrons. The Morgan fingerprint density at radius 1 is 1.25 bits per heavy atom. The van der Waals surface area contributed by atoms with Crippen molar-refractivity contribution in [3.8, 4) is 0 Å². The van der Waals surface area contributed by atoms with Crippen molar-refractivity contribution in [3.05, 3.63) is 40.3 Å². The number of carbonyl (C=O) groups excluding carboxylic acids is 2. The van der Waals surface area contributed by atoms with E-state index in [0.29, 0.717) is 14.8 Å². The summed E-state index contributed by atoms with van der Waals surface area (Å²) in [5.41, 5.74) is 1.36. The molecule has 0 spiro atoms. The van der Waals surface area contributed by atoms with E-state index in [1.807, 2.05) is 6.08 Å². The van der Waals surface area contributed by atoms with Crippen LogP contribution >= 0.6 is 24.0 Å². The molecule has 4 nitrogen and oxygen atoms in total. The van der Waals surface area contributed by atoms with Crippen molar-refractivity contribution in [3.63, 3.8) is 0 Å². The maximum absolute atomic E-state index is 12.7. The fraction of sp³-hybridized carbons (Fsp3) is 0.389. The van der Waals surface area contributed by atoms with Crippen LogP contribution in [0.1, 0.15) is 48.0 Å². The molecule has 24 heavy (non-hydrogen) atoms. The monoisotopic (exact) mass is 361 g/mol. The van der Waals surface area contributed by atoms with Gasteiger partial charge in [0.15, 0.2) is 0 Å². The number of hydrogen-bond acceptors (Lipinski definition) is 5. The van der Waals surface area contributed by atoms with Gasteiger partial charge < -0.3 is 4.74 Å². The number of thioether (sulfide) groups is 1. The highest BCUT2D eigenvalue weighted by Crippen LogP contribution is 2.37. The Bertz CT molecular complexity index is 691. The maximum Gasteiger partial charge on any atom is 0.337 e. The van der Waals surface area contributed by atoms with Crippen LogP contribution in [0.3, 0.4) is 0 Å². The van der Waals surface area contributed by atoms with E-state index >= 15 is 0 Å². The Labute approximate surface area is 151 Å². The van der Waals surface area contributed by atoms with Gasteiger partial charge in [-0.15, -0.1) is 0 Å². The number of amides is 1. The van der Waals surface area contributed by atoms with Crippen LogP contribution in [0.4, 0.5) is 0 Å². The predicted molar refractivity (Wildman–Crippen MR) is 99.7 cm³/mol. The molecule has 0 aromatic heterocycles. The smallest absolute Gasteiger partial charge is 0.337 e. The molecule has 3 rings (SSSR count). The first kappa shape index (κ1) is 17.2. The topological polar surface area (TPSA) is 46.6 Å². The van der Waals surface area contributed by atoms with Crippen LogP contribution in [0.25, 0.3) is 6.08 Å². The van der Waals surface area contributed by atoms with Gasteiger partial charge in [0.2, 0.25) is 0 Å². The SMILES string of the molecule is COC(=O)c1ccc(C=C2SC(=S)N(C3CCCCC3)C2=O)cc1. The first-order chi connectivity index (χ1) is 11.6. The minimum absolute atomic E-state index is 0.00828. The second kappa shape index (κ2) is 7.49. The van der Waals surface area contributed by atoms with Crippen LogP contribution < -0.4 is 0 Å². The lowest BCUT2D eigenvalue weighted by atomic mass is 9.94. The minimum Gasteiger partial charge on any atom is -0.465 e. The fourth-order valence-corrected chi connectivity index (χ4v) is 4.52. The second-order valence-electron chi connectivity index (χ2n) is 5.96. The highest BCUT2D eigenvalue weighted by molar-refractivity contribution is 8.26. The van der Waals surface area contributed by atoms with Gasteiger partial charge >= 0.3 is 5.97 Å². The molecule has 1 amide bonds. The van der Waals surface area contributed by atoms with Crippen molar-refractivity contribution in [2.45, 2.75) is 38.1 Å². The van der Waals surface area contributed by atoms with Crippen molar-refractivity contribution < 1.29 is 14.3 Å². The summed E-state index contributed by atoms with van der Waals surface area (Å²) in [5.74, 6) is -0.362. The van der Waals surface area contributed by atoms with Gasteiger partial charge in [-0.1, -0.05) is 55.4 Å². The summed E-state index contributed by atoms with van der Waals surface area (Å²) in [6, 6.07) is 7.25. The number of esters is 1. The third kappa shape index (κ3) is 3.54. The first-order valence-corrected chi connectivity index (χ1v) is 9.28. The minimum atomic E-state index is -0.370. The zero-order valence-electron chi connectivity index (χ0n) is 13.5. The summed E-state index contributed by atoms with van der Waals surface area (Å²) < 4.78 is 5.34. The lowest BCUT2D eigenvalue weighted by molar-refractivity contribution is -0.124. The van der Waals surface area contributed by atoms with Crippen LogP contribution in [-0.4, -0.2) is 34.2 Å². The van der Waals surface area contributed by atoms with Crippen molar-refractivity contribution in [1.82, 2.24) is 4.90 Å². The summed E-state index contributed by atoms with van der Waals surface area (Å²) in [6.07, 6.45) is 7.48. The third-order valence-electron chi connectivity index (χ3n) is 4.39. The Balaban J connectivity index is 1.77. The number of hydrogen-bond donors (Lipinski definition) is 0. The number of nitrogens with zero attached hydrogens (tertiary/aromatic N) is 1. The Kier molecular flexibility index (Phi) is 5.36. The number of rotatable bonds is 3. The number of ether oxygens (including phenoxy) is 1.